The Kier molecular flexibility index (Phi) is 13.7. The number of amides is 4. The quantitative estimate of drug-likeness (QED) is 0.0466. The fraction of sp³-hybridized carbons (Fsp3) is 0.160. The largest absolute Gasteiger partial charge is 0.383 e. The lowest BCUT2D eigenvalue weighted by Crippen LogP contribution is -2.29. The summed E-state index contributed by atoms with van der Waals surface area (Å²) in [5.41, 5.74) is 6.57. The predicted octanol–water partition coefficient (Wildman–Crippen LogP) is 6.98. The van der Waals surface area contributed by atoms with Crippen LogP contribution in [0.25, 0.3) is 21.8 Å². The fourth-order valence-corrected chi connectivity index (χ4v) is 8.13. The number of fused-ring (bicyclic) bond motifs is 2. The average molecular weight is 948 g/mol. The van der Waals surface area contributed by atoms with Gasteiger partial charge in [-0.05, 0) is 109 Å². The molecule has 0 radical (unpaired) electrons. The second-order valence-corrected chi connectivity index (χ2v) is 16.7. The van der Waals surface area contributed by atoms with Crippen molar-refractivity contribution in [1.82, 2.24) is 31.2 Å². The molecule has 0 saturated carbocycles. The molecule has 0 unspecified atom stereocenters. The Balaban J connectivity index is 0.828. The molecular formula is C50H44Cl2N12O4. The molecule has 2 aromatic heterocycles. The van der Waals surface area contributed by atoms with Gasteiger partial charge in [0.2, 0.25) is 0 Å². The van der Waals surface area contributed by atoms with Crippen LogP contribution in [0.2, 0.25) is 10.0 Å². The number of rotatable bonds is 16. The average Bonchev–Trinajstić information content (AvgIpc) is 4.11. The molecule has 2 aliphatic rings. The first-order valence-corrected chi connectivity index (χ1v) is 22.6. The molecule has 0 aliphatic carbocycles. The summed E-state index contributed by atoms with van der Waals surface area (Å²) in [6.07, 6.45) is 3.40. The van der Waals surface area contributed by atoms with Gasteiger partial charge in [-0.15, -0.1) is 0 Å². The van der Waals surface area contributed by atoms with Gasteiger partial charge in [0.1, 0.15) is 11.7 Å². The third-order valence-electron chi connectivity index (χ3n) is 11.1. The topological polar surface area (TPSA) is 215 Å². The summed E-state index contributed by atoms with van der Waals surface area (Å²) in [6.45, 7) is 4.01. The zero-order valence-corrected chi connectivity index (χ0v) is 37.9. The number of amidine groups is 2. The van der Waals surface area contributed by atoms with E-state index in [0.29, 0.717) is 108 Å². The molecule has 7 aromatic rings. The zero-order chi connectivity index (χ0) is 47.0. The third-order valence-corrected chi connectivity index (χ3v) is 11.5. The van der Waals surface area contributed by atoms with Crippen molar-refractivity contribution in [2.75, 3.05) is 73.6 Å². The molecule has 2 aliphatic heterocycles. The van der Waals surface area contributed by atoms with E-state index < -0.39 is 11.8 Å². The van der Waals surface area contributed by atoms with E-state index in [0.717, 1.165) is 33.2 Å². The number of anilines is 4. The first kappa shape index (κ1) is 45.1. The standard InChI is InChI=1S/C50H44Cl2N12O4/c51-35-5-7-39-41(9-11-53-43(39)27-35)55-13-19-61-47(65)33-21-31(45-57-15-16-58-45)23-37(25-33)63-49(67)29-1-2-30(4-3-29)50(68)64-38-24-32(46-59-17-18-60-46)22-34(26-38)48(66)62-20-14-56-42-10-12-54-44-28-36(52)6-8-40(42)44/h1-12,21-28H,13-20H2,(H,53,55)(H,54,56)(H,57,58)(H,59,60)(H,61,65)(H,62,66)(H,63,67)(H,64,68). The van der Waals surface area contributed by atoms with E-state index in [2.05, 4.69) is 62.5 Å². The number of carbonyl (C=O) groups excluding carboxylic acids is 4. The van der Waals surface area contributed by atoms with E-state index in [1.807, 2.05) is 24.3 Å². The van der Waals surface area contributed by atoms with Crippen molar-refractivity contribution in [3.05, 3.63) is 165 Å². The maximum atomic E-state index is 13.6. The number of hydrogen-bond acceptors (Lipinski definition) is 12. The molecule has 16 nitrogen and oxygen atoms in total. The predicted molar refractivity (Wildman–Crippen MR) is 269 cm³/mol. The SMILES string of the molecule is O=C(NCCNc1ccnc2cc(Cl)ccc12)c1cc(NC(=O)c2ccc(C(=O)Nc3cc(C(=O)NCCNc4ccnc5cc(Cl)ccc45)cc(C4=NCCN4)c3)cc2)cc(C2=NCCN2)c1. The molecule has 0 fully saturated rings. The van der Waals surface area contributed by atoms with E-state index in [1.165, 1.54) is 0 Å². The van der Waals surface area contributed by atoms with Crippen LogP contribution in [0, 0.1) is 0 Å². The molecule has 0 bridgehead atoms. The van der Waals surface area contributed by atoms with E-state index in [-0.39, 0.29) is 22.9 Å². The van der Waals surface area contributed by atoms with Crippen molar-refractivity contribution in [3.63, 3.8) is 0 Å². The Morgan fingerprint density at radius 1 is 0.485 bits per heavy atom. The first-order valence-electron chi connectivity index (χ1n) is 21.9. The summed E-state index contributed by atoms with van der Waals surface area (Å²) in [7, 11) is 0. The summed E-state index contributed by atoms with van der Waals surface area (Å²) in [5, 5.41) is 27.9. The van der Waals surface area contributed by atoms with Crippen LogP contribution in [-0.4, -0.2) is 97.6 Å². The van der Waals surface area contributed by atoms with Gasteiger partial charge in [0.15, 0.2) is 0 Å². The van der Waals surface area contributed by atoms with Crippen LogP contribution in [0.3, 0.4) is 0 Å². The molecule has 0 atom stereocenters. The first-order chi connectivity index (χ1) is 33.1. The molecule has 342 valence electrons. The van der Waals surface area contributed by atoms with E-state index in [4.69, 9.17) is 23.2 Å². The smallest absolute Gasteiger partial charge is 0.255 e. The summed E-state index contributed by atoms with van der Waals surface area (Å²) < 4.78 is 0. The number of hydrogen-bond donors (Lipinski definition) is 8. The minimum absolute atomic E-state index is 0.286. The third kappa shape index (κ3) is 10.8. The van der Waals surface area contributed by atoms with Crippen LogP contribution in [0.15, 0.2) is 132 Å². The Bertz CT molecular complexity index is 2950. The van der Waals surface area contributed by atoms with Gasteiger partial charge >= 0.3 is 0 Å². The van der Waals surface area contributed by atoms with E-state index >= 15 is 0 Å². The van der Waals surface area contributed by atoms with Gasteiger partial charge in [-0.25, -0.2) is 0 Å². The Hall–Kier alpha value is -8.08. The number of aliphatic imine (C=N–C) groups is 2. The zero-order valence-electron chi connectivity index (χ0n) is 36.4. The highest BCUT2D eigenvalue weighted by molar-refractivity contribution is 6.31. The van der Waals surface area contributed by atoms with E-state index in [9.17, 15) is 19.2 Å². The highest BCUT2D eigenvalue weighted by Crippen LogP contribution is 2.26. The number of nitrogens with one attached hydrogen (secondary N) is 8. The van der Waals surface area contributed by atoms with Gasteiger partial charge in [-0.1, -0.05) is 23.2 Å². The van der Waals surface area contributed by atoms with Crippen molar-refractivity contribution in [3.8, 4) is 0 Å². The molecule has 68 heavy (non-hydrogen) atoms. The second-order valence-electron chi connectivity index (χ2n) is 15.8. The maximum absolute atomic E-state index is 13.6. The molecule has 9 rings (SSSR count). The number of nitrogens with zero attached hydrogens (tertiary/aromatic N) is 4. The Morgan fingerprint density at radius 2 is 0.926 bits per heavy atom. The van der Waals surface area contributed by atoms with Crippen LogP contribution < -0.4 is 42.5 Å². The van der Waals surface area contributed by atoms with Crippen LogP contribution >= 0.6 is 23.2 Å². The van der Waals surface area contributed by atoms with Gasteiger partial charge in [-0.2, -0.15) is 0 Å². The molecule has 18 heteroatoms. The monoisotopic (exact) mass is 946 g/mol. The van der Waals surface area contributed by atoms with Crippen LogP contribution in [0.5, 0.6) is 0 Å². The lowest BCUT2D eigenvalue weighted by Gasteiger charge is -2.14. The second kappa shape index (κ2) is 20.6. The lowest BCUT2D eigenvalue weighted by atomic mass is 10.1. The lowest BCUT2D eigenvalue weighted by molar-refractivity contribution is 0.0947. The number of aromatic nitrogens is 2. The minimum atomic E-state index is -0.445. The number of pyridine rings is 2. The molecular weight excluding hydrogens is 904 g/mol. The molecule has 8 N–H and O–H groups in total. The number of benzene rings is 5. The van der Waals surface area contributed by atoms with Crippen LogP contribution in [-0.2, 0) is 0 Å². The fourth-order valence-electron chi connectivity index (χ4n) is 7.80. The highest BCUT2D eigenvalue weighted by atomic mass is 35.5. The summed E-state index contributed by atoms with van der Waals surface area (Å²) in [5.74, 6) is -0.302. The normalized spacial score (nSPS) is 12.9. The van der Waals surface area contributed by atoms with E-state index in [1.54, 1.807) is 97.3 Å². The van der Waals surface area contributed by atoms with Crippen molar-refractivity contribution in [1.29, 1.82) is 0 Å². The highest BCUT2D eigenvalue weighted by Gasteiger charge is 2.19. The van der Waals surface area contributed by atoms with Gasteiger partial charge in [-0.3, -0.25) is 39.1 Å². The Labute approximate surface area is 400 Å². The molecule has 0 saturated heterocycles. The molecule has 0 spiro atoms. The van der Waals surface area contributed by atoms with Crippen LogP contribution in [0.4, 0.5) is 22.7 Å². The summed E-state index contributed by atoms with van der Waals surface area (Å²) in [6, 6.07) is 31.1. The van der Waals surface area contributed by atoms with Crippen molar-refractivity contribution in [2.45, 2.75) is 0 Å². The molecule has 4 amide bonds. The molecule has 4 heterocycles. The molecule has 5 aromatic carbocycles. The number of halogens is 2. The van der Waals surface area contributed by atoms with Crippen molar-refractivity contribution < 1.29 is 19.2 Å². The summed E-state index contributed by atoms with van der Waals surface area (Å²) in [4.78, 5) is 72.0. The van der Waals surface area contributed by atoms with Gasteiger partial charge in [0.05, 0.1) is 24.1 Å². The van der Waals surface area contributed by atoms with Gasteiger partial charge in [0, 0.05) is 129 Å². The van der Waals surface area contributed by atoms with Crippen molar-refractivity contribution in [2.24, 2.45) is 9.98 Å². The van der Waals surface area contributed by atoms with Gasteiger partial charge < -0.3 is 42.5 Å². The van der Waals surface area contributed by atoms with Crippen LogP contribution in [0.1, 0.15) is 52.6 Å². The maximum Gasteiger partial charge on any atom is 0.255 e. The van der Waals surface area contributed by atoms with Gasteiger partial charge in [0.25, 0.3) is 23.6 Å². The number of carbonyl (C=O) groups is 4. The van der Waals surface area contributed by atoms with Crippen molar-refractivity contribution >= 4 is 103 Å². The minimum Gasteiger partial charge on any atom is -0.383 e. The Morgan fingerprint density at radius 3 is 1.34 bits per heavy atom. The summed E-state index contributed by atoms with van der Waals surface area (Å²) >= 11 is 12.3.